The maximum atomic E-state index is 11.9. The Labute approximate surface area is 115 Å². The van der Waals surface area contributed by atoms with E-state index in [1.807, 2.05) is 0 Å². The number of aliphatic carboxylic acids is 1. The number of halogens is 1. The van der Waals surface area contributed by atoms with Gasteiger partial charge in [-0.25, -0.2) is 4.79 Å². The fraction of sp³-hybridized carbons (Fsp3) is 0.333. The molecule has 6 nitrogen and oxygen atoms in total. The van der Waals surface area contributed by atoms with E-state index in [0.29, 0.717) is 5.02 Å². The number of amides is 1. The number of hydrogen-bond donors (Lipinski definition) is 3. The summed E-state index contributed by atoms with van der Waals surface area (Å²) in [7, 11) is 1.46. The van der Waals surface area contributed by atoms with Crippen LogP contribution in [-0.2, 0) is 9.53 Å². The van der Waals surface area contributed by atoms with E-state index in [1.165, 1.54) is 25.3 Å². The van der Waals surface area contributed by atoms with Crippen molar-refractivity contribution >= 4 is 29.2 Å². The number of ether oxygens (including phenoxy) is 1. The first-order valence-electron chi connectivity index (χ1n) is 5.53. The molecule has 0 aromatic heterocycles. The number of carboxylic acid groups (broad SMARTS) is 1. The van der Waals surface area contributed by atoms with Crippen LogP contribution in [-0.4, -0.2) is 36.7 Å². The topological polar surface area (TPSA) is 102 Å². The Morgan fingerprint density at radius 2 is 2.21 bits per heavy atom. The first kappa shape index (κ1) is 15.3. The predicted molar refractivity (Wildman–Crippen MR) is 71.2 cm³/mol. The molecule has 0 radical (unpaired) electrons. The Balaban J connectivity index is 2.75. The molecule has 1 unspecified atom stereocenters. The van der Waals surface area contributed by atoms with E-state index in [0.717, 1.165) is 0 Å². The molecule has 1 aromatic rings. The zero-order valence-electron chi connectivity index (χ0n) is 10.4. The van der Waals surface area contributed by atoms with E-state index in [-0.39, 0.29) is 24.3 Å². The lowest BCUT2D eigenvalue weighted by atomic mass is 10.1. The normalized spacial score (nSPS) is 11.9. The number of rotatable bonds is 6. The zero-order chi connectivity index (χ0) is 14.4. The first-order chi connectivity index (χ1) is 8.95. The van der Waals surface area contributed by atoms with Crippen molar-refractivity contribution in [2.24, 2.45) is 0 Å². The van der Waals surface area contributed by atoms with E-state index < -0.39 is 17.9 Å². The smallest absolute Gasteiger partial charge is 0.326 e. The summed E-state index contributed by atoms with van der Waals surface area (Å²) < 4.78 is 4.79. The second-order valence-corrected chi connectivity index (χ2v) is 4.29. The third-order valence-corrected chi connectivity index (χ3v) is 2.82. The van der Waals surface area contributed by atoms with Crippen molar-refractivity contribution in [2.75, 3.05) is 19.5 Å². The van der Waals surface area contributed by atoms with Gasteiger partial charge >= 0.3 is 5.97 Å². The molecule has 1 rings (SSSR count). The van der Waals surface area contributed by atoms with Gasteiger partial charge in [0.2, 0.25) is 0 Å². The number of nitrogens with one attached hydrogen (secondary N) is 1. The fourth-order valence-electron chi connectivity index (χ4n) is 1.42. The molecule has 1 aromatic carbocycles. The lowest BCUT2D eigenvalue weighted by Crippen LogP contribution is -2.41. The Kier molecular flexibility index (Phi) is 5.59. The molecular formula is C12H15ClN2O4. The maximum Gasteiger partial charge on any atom is 0.326 e. The van der Waals surface area contributed by atoms with Crippen LogP contribution in [0, 0.1) is 0 Å². The summed E-state index contributed by atoms with van der Waals surface area (Å²) in [4.78, 5) is 22.8. The molecule has 1 atom stereocenters. The van der Waals surface area contributed by atoms with Crippen molar-refractivity contribution in [1.29, 1.82) is 0 Å². The van der Waals surface area contributed by atoms with Gasteiger partial charge in [-0.15, -0.1) is 0 Å². The summed E-state index contributed by atoms with van der Waals surface area (Å²) in [6.45, 7) is 0.236. The maximum absolute atomic E-state index is 11.9. The summed E-state index contributed by atoms with van der Waals surface area (Å²) in [6.07, 6.45) is 0.181. The van der Waals surface area contributed by atoms with Crippen LogP contribution in [0.1, 0.15) is 16.8 Å². The second kappa shape index (κ2) is 6.96. The van der Waals surface area contributed by atoms with Crippen LogP contribution in [0.15, 0.2) is 18.2 Å². The number of carbonyl (C=O) groups is 2. The van der Waals surface area contributed by atoms with Crippen LogP contribution in [0.2, 0.25) is 5.02 Å². The van der Waals surface area contributed by atoms with E-state index in [1.54, 1.807) is 0 Å². The van der Waals surface area contributed by atoms with Crippen LogP contribution in [0.4, 0.5) is 5.69 Å². The minimum Gasteiger partial charge on any atom is -0.480 e. The number of anilines is 1. The van der Waals surface area contributed by atoms with Crippen LogP contribution >= 0.6 is 11.6 Å². The lowest BCUT2D eigenvalue weighted by molar-refractivity contribution is -0.139. The quantitative estimate of drug-likeness (QED) is 0.681. The number of carbonyl (C=O) groups excluding carboxylic acids is 1. The number of nitrogens with two attached hydrogens (primary N) is 1. The molecule has 1 amide bonds. The van der Waals surface area contributed by atoms with Crippen molar-refractivity contribution < 1.29 is 19.4 Å². The van der Waals surface area contributed by atoms with E-state index in [9.17, 15) is 9.59 Å². The second-order valence-electron chi connectivity index (χ2n) is 3.88. The molecular weight excluding hydrogens is 272 g/mol. The van der Waals surface area contributed by atoms with Gasteiger partial charge in [-0.1, -0.05) is 11.6 Å². The van der Waals surface area contributed by atoms with Crippen molar-refractivity contribution in [3.8, 4) is 0 Å². The summed E-state index contributed by atoms with van der Waals surface area (Å²) in [5, 5.41) is 11.7. The van der Waals surface area contributed by atoms with E-state index in [4.69, 9.17) is 27.2 Å². The van der Waals surface area contributed by atoms with Gasteiger partial charge in [0.05, 0.1) is 10.7 Å². The first-order valence-corrected chi connectivity index (χ1v) is 5.91. The molecule has 0 spiro atoms. The Hall–Kier alpha value is -1.79. The highest BCUT2D eigenvalue weighted by Crippen LogP contribution is 2.19. The highest BCUT2D eigenvalue weighted by atomic mass is 35.5. The van der Waals surface area contributed by atoms with Gasteiger partial charge in [-0.2, -0.15) is 0 Å². The monoisotopic (exact) mass is 286 g/mol. The number of benzene rings is 1. The van der Waals surface area contributed by atoms with Gasteiger partial charge < -0.3 is 20.9 Å². The molecule has 0 fully saturated rings. The highest BCUT2D eigenvalue weighted by Gasteiger charge is 2.20. The van der Waals surface area contributed by atoms with Gasteiger partial charge in [-0.05, 0) is 18.2 Å². The molecule has 0 aliphatic heterocycles. The number of nitrogen functional groups attached to an aromatic ring is 1. The Morgan fingerprint density at radius 3 is 2.74 bits per heavy atom. The van der Waals surface area contributed by atoms with Gasteiger partial charge in [0.25, 0.3) is 5.91 Å². The average molecular weight is 287 g/mol. The minimum atomic E-state index is -1.12. The molecule has 0 bridgehead atoms. The molecule has 4 N–H and O–H groups in total. The molecule has 0 aliphatic carbocycles. The SMILES string of the molecule is COCCC(NC(=O)c1ccc(Cl)c(N)c1)C(=O)O. The minimum absolute atomic E-state index is 0.181. The summed E-state index contributed by atoms with van der Waals surface area (Å²) in [5.41, 5.74) is 6.10. The van der Waals surface area contributed by atoms with Crippen LogP contribution in [0.3, 0.4) is 0 Å². The summed E-state index contributed by atoms with van der Waals surface area (Å²) >= 11 is 5.74. The third-order valence-electron chi connectivity index (χ3n) is 2.47. The van der Waals surface area contributed by atoms with Gasteiger partial charge in [0.15, 0.2) is 0 Å². The zero-order valence-corrected chi connectivity index (χ0v) is 11.1. The number of methoxy groups -OCH3 is 1. The van der Waals surface area contributed by atoms with Crippen molar-refractivity contribution in [3.63, 3.8) is 0 Å². The lowest BCUT2D eigenvalue weighted by Gasteiger charge is -2.14. The summed E-state index contributed by atoms with van der Waals surface area (Å²) in [6, 6.07) is 3.34. The highest BCUT2D eigenvalue weighted by molar-refractivity contribution is 6.33. The fourth-order valence-corrected chi connectivity index (χ4v) is 1.54. The van der Waals surface area contributed by atoms with Crippen LogP contribution in [0.25, 0.3) is 0 Å². The van der Waals surface area contributed by atoms with Crippen molar-refractivity contribution in [2.45, 2.75) is 12.5 Å². The molecule has 19 heavy (non-hydrogen) atoms. The van der Waals surface area contributed by atoms with Gasteiger partial charge in [0.1, 0.15) is 6.04 Å². The molecule has 7 heteroatoms. The van der Waals surface area contributed by atoms with Crippen LogP contribution in [0.5, 0.6) is 0 Å². The third kappa shape index (κ3) is 4.42. The molecule has 104 valence electrons. The standard InChI is InChI=1S/C12H15ClN2O4/c1-19-5-4-10(12(17)18)15-11(16)7-2-3-8(13)9(14)6-7/h2-3,6,10H,4-5,14H2,1H3,(H,15,16)(H,17,18). The van der Waals surface area contributed by atoms with E-state index >= 15 is 0 Å². The molecule has 0 heterocycles. The van der Waals surface area contributed by atoms with Crippen molar-refractivity contribution in [1.82, 2.24) is 5.32 Å². The van der Waals surface area contributed by atoms with Gasteiger partial charge in [0, 0.05) is 25.7 Å². The number of carboxylic acids is 1. The Bertz CT molecular complexity index is 479. The molecule has 0 saturated heterocycles. The summed E-state index contributed by atoms with van der Waals surface area (Å²) in [5.74, 6) is -1.64. The molecule has 0 saturated carbocycles. The number of hydrogen-bond acceptors (Lipinski definition) is 4. The molecule has 0 aliphatic rings. The largest absolute Gasteiger partial charge is 0.480 e. The van der Waals surface area contributed by atoms with Crippen molar-refractivity contribution in [3.05, 3.63) is 28.8 Å². The van der Waals surface area contributed by atoms with E-state index in [2.05, 4.69) is 5.32 Å². The predicted octanol–water partition coefficient (Wildman–Crippen LogP) is 1.14. The van der Waals surface area contributed by atoms with Crippen LogP contribution < -0.4 is 11.1 Å². The Morgan fingerprint density at radius 1 is 1.53 bits per heavy atom. The average Bonchev–Trinajstić information content (AvgIpc) is 2.37. The van der Waals surface area contributed by atoms with Gasteiger partial charge in [-0.3, -0.25) is 4.79 Å².